The zero-order valence-corrected chi connectivity index (χ0v) is 8.23. The summed E-state index contributed by atoms with van der Waals surface area (Å²) in [4.78, 5) is 13.4. The highest BCUT2D eigenvalue weighted by molar-refractivity contribution is 5.93. The summed E-state index contributed by atoms with van der Waals surface area (Å²) >= 11 is 0. The van der Waals surface area contributed by atoms with Crippen molar-refractivity contribution in [1.29, 1.82) is 0 Å². The molecule has 0 spiro atoms. The largest absolute Gasteiger partial charge is 0.396 e. The third-order valence-electron chi connectivity index (χ3n) is 2.00. The number of nitrogens with zero attached hydrogens (tertiary/aromatic N) is 2. The minimum Gasteiger partial charge on any atom is -0.396 e. The summed E-state index contributed by atoms with van der Waals surface area (Å²) in [6.45, 7) is 3.24. The maximum Gasteiger partial charge on any atom is 0.257 e. The van der Waals surface area contributed by atoms with E-state index in [1.54, 1.807) is 11.1 Å². The van der Waals surface area contributed by atoms with E-state index in [-0.39, 0.29) is 12.5 Å². The van der Waals surface area contributed by atoms with Crippen molar-refractivity contribution >= 4 is 5.91 Å². The summed E-state index contributed by atoms with van der Waals surface area (Å²) in [6.07, 6.45) is 3.69. The van der Waals surface area contributed by atoms with Gasteiger partial charge in [0.25, 0.3) is 5.91 Å². The van der Waals surface area contributed by atoms with Crippen molar-refractivity contribution in [2.45, 2.75) is 13.3 Å². The van der Waals surface area contributed by atoms with Crippen LogP contribution in [0.3, 0.4) is 0 Å². The molecule has 5 nitrogen and oxygen atoms in total. The van der Waals surface area contributed by atoms with Gasteiger partial charge >= 0.3 is 0 Å². The highest BCUT2D eigenvalue weighted by Gasteiger charge is 2.13. The van der Waals surface area contributed by atoms with Gasteiger partial charge in [0.2, 0.25) is 0 Å². The van der Waals surface area contributed by atoms with Crippen LogP contribution in [-0.2, 0) is 0 Å². The number of hydrogen-bond acceptors (Lipinski definition) is 3. The predicted octanol–water partition coefficient (Wildman–Crippen LogP) is 0.254. The summed E-state index contributed by atoms with van der Waals surface area (Å²) in [5.74, 6) is -0.0466. The number of carbonyl (C=O) groups excluding carboxylic acids is 1. The van der Waals surface area contributed by atoms with Crippen LogP contribution in [0, 0.1) is 0 Å². The summed E-state index contributed by atoms with van der Waals surface area (Å²) in [7, 11) is 0. The second-order valence-electron chi connectivity index (χ2n) is 2.95. The number of nitrogens with one attached hydrogen (secondary N) is 1. The van der Waals surface area contributed by atoms with E-state index in [4.69, 9.17) is 5.11 Å². The molecule has 0 aliphatic heterocycles. The second kappa shape index (κ2) is 5.39. The van der Waals surface area contributed by atoms with E-state index in [1.807, 2.05) is 6.92 Å². The molecule has 1 amide bonds. The average Bonchev–Trinajstić information content (AvgIpc) is 2.71. The van der Waals surface area contributed by atoms with Crippen LogP contribution in [0.5, 0.6) is 0 Å². The summed E-state index contributed by atoms with van der Waals surface area (Å²) in [6, 6.07) is 0. The molecular weight excluding hydrogens is 182 g/mol. The molecule has 0 unspecified atom stereocenters. The molecule has 14 heavy (non-hydrogen) atoms. The second-order valence-corrected chi connectivity index (χ2v) is 2.95. The molecule has 0 saturated carbocycles. The van der Waals surface area contributed by atoms with Gasteiger partial charge in [0, 0.05) is 25.9 Å². The SMILES string of the molecule is CCN(CCCO)C(=O)c1cn[nH]c1. The number of aromatic nitrogens is 2. The lowest BCUT2D eigenvalue weighted by atomic mass is 10.3. The molecule has 0 aromatic carbocycles. The Morgan fingerprint density at radius 3 is 3.00 bits per heavy atom. The van der Waals surface area contributed by atoms with Gasteiger partial charge in [-0.3, -0.25) is 9.89 Å². The molecule has 0 fully saturated rings. The molecule has 0 bridgehead atoms. The van der Waals surface area contributed by atoms with Crippen LogP contribution in [-0.4, -0.2) is 45.8 Å². The lowest BCUT2D eigenvalue weighted by Crippen LogP contribution is -2.31. The Balaban J connectivity index is 2.56. The molecule has 1 heterocycles. The molecule has 78 valence electrons. The molecule has 2 N–H and O–H groups in total. The number of rotatable bonds is 5. The first kappa shape index (κ1) is 10.7. The van der Waals surface area contributed by atoms with E-state index < -0.39 is 0 Å². The molecular formula is C9H15N3O2. The fourth-order valence-electron chi connectivity index (χ4n) is 1.22. The molecule has 1 aromatic heterocycles. The Kier molecular flexibility index (Phi) is 4.12. The van der Waals surface area contributed by atoms with Crippen molar-refractivity contribution in [1.82, 2.24) is 15.1 Å². The maximum absolute atomic E-state index is 11.7. The first-order chi connectivity index (χ1) is 6.79. The van der Waals surface area contributed by atoms with Gasteiger partial charge in [0.1, 0.15) is 0 Å². The number of aliphatic hydroxyl groups excluding tert-OH is 1. The van der Waals surface area contributed by atoms with E-state index in [0.717, 1.165) is 0 Å². The summed E-state index contributed by atoms with van der Waals surface area (Å²) in [5, 5.41) is 15.0. The summed E-state index contributed by atoms with van der Waals surface area (Å²) in [5.41, 5.74) is 0.560. The number of carbonyl (C=O) groups is 1. The zero-order valence-electron chi connectivity index (χ0n) is 8.23. The van der Waals surface area contributed by atoms with Crippen LogP contribution < -0.4 is 0 Å². The highest BCUT2D eigenvalue weighted by atomic mass is 16.3. The lowest BCUT2D eigenvalue weighted by molar-refractivity contribution is 0.0754. The lowest BCUT2D eigenvalue weighted by Gasteiger charge is -2.19. The maximum atomic E-state index is 11.7. The topological polar surface area (TPSA) is 69.2 Å². The Hall–Kier alpha value is -1.36. The van der Waals surface area contributed by atoms with Crippen molar-refractivity contribution in [2.24, 2.45) is 0 Å². The molecule has 0 aliphatic rings. The number of H-pyrrole nitrogens is 1. The Labute approximate surface area is 82.7 Å². The van der Waals surface area contributed by atoms with E-state index in [0.29, 0.717) is 25.1 Å². The first-order valence-corrected chi connectivity index (χ1v) is 4.68. The Morgan fingerprint density at radius 2 is 2.50 bits per heavy atom. The fraction of sp³-hybridized carbons (Fsp3) is 0.556. The number of amides is 1. The van der Waals surface area contributed by atoms with Crippen molar-refractivity contribution in [3.8, 4) is 0 Å². The quantitative estimate of drug-likeness (QED) is 0.711. The number of aromatic amines is 1. The van der Waals surface area contributed by atoms with Crippen molar-refractivity contribution in [3.63, 3.8) is 0 Å². The molecule has 0 saturated heterocycles. The molecule has 1 aromatic rings. The van der Waals surface area contributed by atoms with Crippen molar-refractivity contribution < 1.29 is 9.90 Å². The van der Waals surface area contributed by atoms with Crippen LogP contribution in [0.4, 0.5) is 0 Å². The number of hydrogen-bond donors (Lipinski definition) is 2. The molecule has 1 rings (SSSR count). The van der Waals surface area contributed by atoms with E-state index in [1.165, 1.54) is 6.20 Å². The third kappa shape index (κ3) is 2.56. The molecule has 5 heteroatoms. The third-order valence-corrected chi connectivity index (χ3v) is 2.00. The van der Waals surface area contributed by atoms with Gasteiger partial charge < -0.3 is 10.0 Å². The molecule has 0 radical (unpaired) electrons. The van der Waals surface area contributed by atoms with Crippen LogP contribution in [0.25, 0.3) is 0 Å². The Morgan fingerprint density at radius 1 is 1.71 bits per heavy atom. The minimum atomic E-state index is -0.0466. The monoisotopic (exact) mass is 197 g/mol. The van der Waals surface area contributed by atoms with Crippen LogP contribution in [0.15, 0.2) is 12.4 Å². The smallest absolute Gasteiger partial charge is 0.257 e. The standard InChI is InChI=1S/C9H15N3O2/c1-2-12(4-3-5-13)9(14)8-6-10-11-7-8/h6-7,13H,2-5H2,1H3,(H,10,11). The zero-order chi connectivity index (χ0) is 10.4. The van der Waals surface area contributed by atoms with Gasteiger partial charge in [0.05, 0.1) is 11.8 Å². The van der Waals surface area contributed by atoms with Gasteiger partial charge in [-0.2, -0.15) is 5.10 Å². The predicted molar refractivity (Wildman–Crippen MR) is 51.9 cm³/mol. The van der Waals surface area contributed by atoms with E-state index in [2.05, 4.69) is 10.2 Å². The molecule has 0 aliphatic carbocycles. The van der Waals surface area contributed by atoms with E-state index in [9.17, 15) is 4.79 Å². The van der Waals surface area contributed by atoms with E-state index >= 15 is 0 Å². The normalized spacial score (nSPS) is 10.1. The van der Waals surface area contributed by atoms with Gasteiger partial charge in [-0.1, -0.05) is 0 Å². The van der Waals surface area contributed by atoms with Gasteiger partial charge in [0.15, 0.2) is 0 Å². The molecule has 0 atom stereocenters. The van der Waals surface area contributed by atoms with Gasteiger partial charge in [-0.15, -0.1) is 0 Å². The average molecular weight is 197 g/mol. The van der Waals surface area contributed by atoms with Crippen molar-refractivity contribution in [2.75, 3.05) is 19.7 Å². The van der Waals surface area contributed by atoms with Crippen LogP contribution >= 0.6 is 0 Å². The number of aliphatic hydroxyl groups is 1. The minimum absolute atomic E-state index is 0.0466. The van der Waals surface area contributed by atoms with Crippen LogP contribution in [0.1, 0.15) is 23.7 Å². The highest BCUT2D eigenvalue weighted by Crippen LogP contribution is 2.02. The van der Waals surface area contributed by atoms with Crippen LogP contribution in [0.2, 0.25) is 0 Å². The summed E-state index contributed by atoms with van der Waals surface area (Å²) < 4.78 is 0. The Bertz CT molecular complexity index is 272. The van der Waals surface area contributed by atoms with Crippen molar-refractivity contribution in [3.05, 3.63) is 18.0 Å². The first-order valence-electron chi connectivity index (χ1n) is 4.68. The van der Waals surface area contributed by atoms with Gasteiger partial charge in [-0.05, 0) is 13.3 Å². The van der Waals surface area contributed by atoms with Gasteiger partial charge in [-0.25, -0.2) is 0 Å². The fourth-order valence-corrected chi connectivity index (χ4v) is 1.22.